The summed E-state index contributed by atoms with van der Waals surface area (Å²) in [5.74, 6) is -0.326. The molecule has 1 aromatic carbocycles. The molecule has 0 unspecified atom stereocenters. The Hall–Kier alpha value is -1.85. The van der Waals surface area contributed by atoms with Gasteiger partial charge in [0.2, 0.25) is 0 Å². The first kappa shape index (κ1) is 17.2. The molecule has 0 saturated carbocycles. The van der Waals surface area contributed by atoms with E-state index >= 15 is 0 Å². The maximum Gasteiger partial charge on any atom is 0.261 e. The Morgan fingerprint density at radius 1 is 1.24 bits per heavy atom. The Morgan fingerprint density at radius 3 is 2.67 bits per heavy atom. The van der Waals surface area contributed by atoms with Gasteiger partial charge in [0.1, 0.15) is 5.56 Å². The van der Waals surface area contributed by atoms with Crippen LogP contribution in [0.2, 0.25) is 0 Å². The number of para-hydroxylation sites is 1. The zero-order valence-corrected chi connectivity index (χ0v) is 13.0. The highest BCUT2D eigenvalue weighted by Gasteiger charge is 2.15. The SMILES string of the molecule is CCNCCNC(=O)c1c(C)c2ccccc2[nH]c1=O.Cl. The highest BCUT2D eigenvalue weighted by Crippen LogP contribution is 2.16. The summed E-state index contributed by atoms with van der Waals surface area (Å²) in [6.45, 7) is 5.84. The van der Waals surface area contributed by atoms with Gasteiger partial charge >= 0.3 is 0 Å². The van der Waals surface area contributed by atoms with Crippen LogP contribution in [0.4, 0.5) is 0 Å². The molecule has 1 heterocycles. The number of H-pyrrole nitrogens is 1. The van der Waals surface area contributed by atoms with Crippen molar-refractivity contribution in [2.24, 2.45) is 0 Å². The Morgan fingerprint density at radius 2 is 1.95 bits per heavy atom. The first-order chi connectivity index (χ1) is 9.65. The van der Waals surface area contributed by atoms with Gasteiger partial charge in [-0.25, -0.2) is 0 Å². The van der Waals surface area contributed by atoms with Gasteiger partial charge in [-0.05, 0) is 25.1 Å². The molecular weight excluding hydrogens is 290 g/mol. The molecule has 0 aliphatic rings. The molecule has 0 radical (unpaired) electrons. The summed E-state index contributed by atoms with van der Waals surface area (Å²) in [7, 11) is 0. The van der Waals surface area contributed by atoms with Crippen LogP contribution in [-0.2, 0) is 0 Å². The number of fused-ring (bicyclic) bond motifs is 1. The maximum absolute atomic E-state index is 12.1. The second kappa shape index (κ2) is 7.81. The molecular formula is C15H20ClN3O2. The van der Waals surface area contributed by atoms with Gasteiger partial charge in [0, 0.05) is 24.0 Å². The van der Waals surface area contributed by atoms with Gasteiger partial charge in [0.15, 0.2) is 0 Å². The van der Waals surface area contributed by atoms with Crippen molar-refractivity contribution in [2.45, 2.75) is 13.8 Å². The van der Waals surface area contributed by atoms with E-state index in [9.17, 15) is 9.59 Å². The van der Waals surface area contributed by atoms with Crippen molar-refractivity contribution in [3.8, 4) is 0 Å². The smallest absolute Gasteiger partial charge is 0.261 e. The first-order valence-corrected chi connectivity index (χ1v) is 6.75. The summed E-state index contributed by atoms with van der Waals surface area (Å²) in [5.41, 5.74) is 1.31. The van der Waals surface area contributed by atoms with E-state index in [-0.39, 0.29) is 29.4 Å². The number of aromatic nitrogens is 1. The molecule has 0 atom stereocenters. The number of nitrogens with one attached hydrogen (secondary N) is 3. The molecule has 0 spiro atoms. The molecule has 2 rings (SSSR count). The normalized spacial score (nSPS) is 10.2. The van der Waals surface area contributed by atoms with E-state index in [4.69, 9.17) is 0 Å². The lowest BCUT2D eigenvalue weighted by molar-refractivity contribution is 0.0952. The van der Waals surface area contributed by atoms with Gasteiger partial charge < -0.3 is 15.6 Å². The quantitative estimate of drug-likeness (QED) is 0.734. The predicted octanol–water partition coefficient (Wildman–Crippen LogP) is 1.60. The van der Waals surface area contributed by atoms with Crippen LogP contribution in [-0.4, -0.2) is 30.5 Å². The molecule has 0 aliphatic carbocycles. The lowest BCUT2D eigenvalue weighted by Gasteiger charge is -2.09. The molecule has 1 amide bonds. The Bertz CT molecular complexity index is 682. The first-order valence-electron chi connectivity index (χ1n) is 6.75. The largest absolute Gasteiger partial charge is 0.351 e. The minimum atomic E-state index is -0.345. The van der Waals surface area contributed by atoms with E-state index in [1.54, 1.807) is 6.92 Å². The topological polar surface area (TPSA) is 74.0 Å². The molecule has 0 saturated heterocycles. The predicted molar refractivity (Wildman–Crippen MR) is 87.4 cm³/mol. The van der Waals surface area contributed by atoms with Crippen molar-refractivity contribution in [3.05, 3.63) is 45.7 Å². The second-order valence-electron chi connectivity index (χ2n) is 4.61. The molecule has 114 valence electrons. The van der Waals surface area contributed by atoms with Gasteiger partial charge in [-0.15, -0.1) is 12.4 Å². The van der Waals surface area contributed by atoms with E-state index in [2.05, 4.69) is 15.6 Å². The second-order valence-corrected chi connectivity index (χ2v) is 4.61. The third-order valence-corrected chi connectivity index (χ3v) is 3.25. The number of hydrogen-bond donors (Lipinski definition) is 3. The van der Waals surface area contributed by atoms with Crippen LogP contribution >= 0.6 is 12.4 Å². The third kappa shape index (κ3) is 3.83. The number of aromatic amines is 1. The number of benzene rings is 1. The number of carbonyl (C=O) groups is 1. The number of carbonyl (C=O) groups excluding carboxylic acids is 1. The van der Waals surface area contributed by atoms with Crippen LogP contribution in [0, 0.1) is 6.92 Å². The van der Waals surface area contributed by atoms with Gasteiger partial charge in [-0.3, -0.25) is 9.59 Å². The summed E-state index contributed by atoms with van der Waals surface area (Å²) >= 11 is 0. The van der Waals surface area contributed by atoms with Crippen molar-refractivity contribution in [1.82, 2.24) is 15.6 Å². The number of halogens is 1. The third-order valence-electron chi connectivity index (χ3n) is 3.25. The molecule has 21 heavy (non-hydrogen) atoms. The standard InChI is InChI=1S/C15H19N3O2.ClH/c1-3-16-8-9-17-14(19)13-10(2)11-6-4-5-7-12(11)18-15(13)20;/h4-7,16H,3,8-9H2,1-2H3,(H,17,19)(H,18,20);1H. The summed E-state index contributed by atoms with van der Waals surface area (Å²) in [6, 6.07) is 7.47. The minimum absolute atomic E-state index is 0. The van der Waals surface area contributed by atoms with Crippen LogP contribution in [0.15, 0.2) is 29.1 Å². The zero-order valence-electron chi connectivity index (χ0n) is 12.2. The van der Waals surface area contributed by atoms with Crippen LogP contribution in [0.25, 0.3) is 10.9 Å². The zero-order chi connectivity index (χ0) is 14.5. The van der Waals surface area contributed by atoms with Gasteiger partial charge in [0.05, 0.1) is 0 Å². The number of amides is 1. The van der Waals surface area contributed by atoms with E-state index in [1.807, 2.05) is 31.2 Å². The summed E-state index contributed by atoms with van der Waals surface area (Å²) < 4.78 is 0. The molecule has 1 aromatic heterocycles. The molecule has 0 bridgehead atoms. The maximum atomic E-state index is 12.1. The molecule has 0 aliphatic heterocycles. The average molecular weight is 310 g/mol. The number of likely N-dealkylation sites (N-methyl/N-ethyl adjacent to an activating group) is 1. The van der Waals surface area contributed by atoms with Gasteiger partial charge in [-0.2, -0.15) is 0 Å². The lowest BCUT2D eigenvalue weighted by atomic mass is 10.0. The molecule has 0 fully saturated rings. The van der Waals surface area contributed by atoms with Gasteiger partial charge in [-0.1, -0.05) is 25.1 Å². The van der Waals surface area contributed by atoms with Crippen LogP contribution in [0.1, 0.15) is 22.8 Å². The fraction of sp³-hybridized carbons (Fsp3) is 0.333. The van der Waals surface area contributed by atoms with E-state index in [0.717, 1.165) is 17.4 Å². The van der Waals surface area contributed by atoms with Crippen molar-refractivity contribution in [2.75, 3.05) is 19.6 Å². The number of hydrogen-bond acceptors (Lipinski definition) is 3. The molecule has 3 N–H and O–H groups in total. The minimum Gasteiger partial charge on any atom is -0.351 e. The molecule has 2 aromatic rings. The molecule has 6 heteroatoms. The van der Waals surface area contributed by atoms with Crippen LogP contribution < -0.4 is 16.2 Å². The van der Waals surface area contributed by atoms with Gasteiger partial charge in [0.25, 0.3) is 11.5 Å². The number of aryl methyl sites for hydroxylation is 1. The fourth-order valence-electron chi connectivity index (χ4n) is 2.21. The van der Waals surface area contributed by atoms with Crippen molar-refractivity contribution in [3.63, 3.8) is 0 Å². The average Bonchev–Trinajstić information content (AvgIpc) is 2.43. The summed E-state index contributed by atoms with van der Waals surface area (Å²) in [5, 5.41) is 6.76. The molecule has 5 nitrogen and oxygen atoms in total. The summed E-state index contributed by atoms with van der Waals surface area (Å²) in [6.07, 6.45) is 0. The van der Waals surface area contributed by atoms with Crippen molar-refractivity contribution in [1.29, 1.82) is 0 Å². The highest BCUT2D eigenvalue weighted by molar-refractivity contribution is 5.99. The van der Waals surface area contributed by atoms with Crippen molar-refractivity contribution >= 4 is 29.2 Å². The van der Waals surface area contributed by atoms with Crippen LogP contribution in [0.5, 0.6) is 0 Å². The number of rotatable bonds is 5. The Balaban J connectivity index is 0.00000220. The monoisotopic (exact) mass is 309 g/mol. The van der Waals surface area contributed by atoms with Crippen molar-refractivity contribution < 1.29 is 4.79 Å². The van der Waals surface area contributed by atoms with E-state index < -0.39 is 0 Å². The number of pyridine rings is 1. The Labute approximate surface area is 129 Å². The van der Waals surface area contributed by atoms with Crippen LogP contribution in [0.3, 0.4) is 0 Å². The fourth-order valence-corrected chi connectivity index (χ4v) is 2.21. The summed E-state index contributed by atoms with van der Waals surface area (Å²) in [4.78, 5) is 26.9. The lowest BCUT2D eigenvalue weighted by Crippen LogP contribution is -2.35. The highest BCUT2D eigenvalue weighted by atomic mass is 35.5. The Kier molecular flexibility index (Phi) is 6.39. The van der Waals surface area contributed by atoms with E-state index in [1.165, 1.54) is 0 Å². The van der Waals surface area contributed by atoms with E-state index in [0.29, 0.717) is 18.7 Å².